The quantitative estimate of drug-likeness (QED) is 0.842. The van der Waals surface area contributed by atoms with Crippen molar-refractivity contribution in [2.45, 2.75) is 38.8 Å². The Labute approximate surface area is 133 Å². The number of hydrogen-bond acceptors (Lipinski definition) is 5. The van der Waals surface area contributed by atoms with Gasteiger partial charge < -0.3 is 14.5 Å². The van der Waals surface area contributed by atoms with Gasteiger partial charge in [-0.1, -0.05) is 30.3 Å². The van der Waals surface area contributed by atoms with Crippen LogP contribution in [-0.2, 0) is 11.2 Å². The molecule has 2 N–H and O–H groups in total. The maximum absolute atomic E-state index is 12.0. The second kappa shape index (κ2) is 6.74. The first-order valence-electron chi connectivity index (χ1n) is 6.92. The number of rotatable bonds is 4. The first kappa shape index (κ1) is 16.2. The van der Waals surface area contributed by atoms with Crippen LogP contribution in [0.4, 0.5) is 4.79 Å². The molecule has 2 aromatic rings. The summed E-state index contributed by atoms with van der Waals surface area (Å²) in [6.45, 7) is 5.41. The number of H-pyrrole nitrogens is 1. The Balaban J connectivity index is 2.15. The minimum Gasteiger partial charge on any atom is -0.444 e. The fourth-order valence-corrected chi connectivity index (χ4v) is 2.02. The Kier molecular flexibility index (Phi) is 4.97. The van der Waals surface area contributed by atoms with Crippen molar-refractivity contribution in [3.05, 3.63) is 46.6 Å². The standard InChI is InChI=1S/C15H19N3O3S/c1-15(2,3)21-13(19)16-11(12-17-18-14(22)20-12)9-10-7-5-4-6-8-10/h4-8,11H,9H2,1-3H3,(H,16,19)(H,18,22)/t11-/m1/s1. The average Bonchev–Trinajstić information content (AvgIpc) is 2.84. The third kappa shape index (κ3) is 5.00. The number of amides is 1. The monoisotopic (exact) mass is 321 g/mol. The fourth-order valence-electron chi connectivity index (χ4n) is 1.89. The summed E-state index contributed by atoms with van der Waals surface area (Å²) in [5.41, 5.74) is 0.459. The number of aromatic nitrogens is 2. The van der Waals surface area contributed by atoms with Crippen LogP contribution in [0.15, 0.2) is 34.7 Å². The molecule has 0 saturated heterocycles. The molecule has 7 heteroatoms. The Morgan fingerprint density at radius 2 is 2.09 bits per heavy atom. The first-order valence-corrected chi connectivity index (χ1v) is 7.33. The maximum atomic E-state index is 12.0. The fraction of sp³-hybridized carbons (Fsp3) is 0.400. The van der Waals surface area contributed by atoms with Gasteiger partial charge in [0.05, 0.1) is 0 Å². The predicted octanol–water partition coefficient (Wildman–Crippen LogP) is 3.54. The number of carbonyl (C=O) groups excluding carboxylic acids is 1. The summed E-state index contributed by atoms with van der Waals surface area (Å²) < 4.78 is 10.6. The molecule has 0 spiro atoms. The minimum absolute atomic E-state index is 0.166. The molecule has 0 fully saturated rings. The summed E-state index contributed by atoms with van der Waals surface area (Å²) in [4.78, 5) is 12.2. The number of ether oxygens (including phenoxy) is 1. The first-order chi connectivity index (χ1) is 10.3. The molecule has 2 rings (SSSR count). The number of carbonyl (C=O) groups is 1. The highest BCUT2D eigenvalue weighted by atomic mass is 32.1. The van der Waals surface area contributed by atoms with Gasteiger partial charge in [0.2, 0.25) is 5.89 Å². The number of nitrogens with one attached hydrogen (secondary N) is 2. The predicted molar refractivity (Wildman–Crippen MR) is 83.9 cm³/mol. The van der Waals surface area contributed by atoms with Crippen LogP contribution in [0, 0.1) is 4.84 Å². The van der Waals surface area contributed by atoms with E-state index in [4.69, 9.17) is 21.4 Å². The Hall–Kier alpha value is -2.15. The van der Waals surface area contributed by atoms with E-state index in [1.54, 1.807) is 20.8 Å². The van der Waals surface area contributed by atoms with Gasteiger partial charge in [0.25, 0.3) is 4.84 Å². The van der Waals surface area contributed by atoms with Crippen molar-refractivity contribution in [1.82, 2.24) is 15.5 Å². The molecule has 22 heavy (non-hydrogen) atoms. The van der Waals surface area contributed by atoms with Crippen LogP contribution in [0.3, 0.4) is 0 Å². The molecule has 1 amide bonds. The lowest BCUT2D eigenvalue weighted by Gasteiger charge is -2.22. The summed E-state index contributed by atoms with van der Waals surface area (Å²) in [6.07, 6.45) is -0.0130. The third-order valence-corrected chi connectivity index (χ3v) is 2.90. The third-order valence-electron chi connectivity index (χ3n) is 2.73. The molecule has 0 aliphatic rings. The van der Waals surface area contributed by atoms with Crippen LogP contribution in [0.1, 0.15) is 38.3 Å². The molecule has 118 valence electrons. The lowest BCUT2D eigenvalue weighted by atomic mass is 10.1. The van der Waals surface area contributed by atoms with Crippen molar-refractivity contribution in [2.24, 2.45) is 0 Å². The molecule has 1 heterocycles. The van der Waals surface area contributed by atoms with E-state index in [9.17, 15) is 4.79 Å². The zero-order valence-electron chi connectivity index (χ0n) is 12.8. The Morgan fingerprint density at radius 1 is 1.41 bits per heavy atom. The normalized spacial score (nSPS) is 12.7. The summed E-state index contributed by atoms with van der Waals surface area (Å²) in [5, 5.41) is 9.33. The van der Waals surface area contributed by atoms with Crippen LogP contribution in [-0.4, -0.2) is 21.9 Å². The number of benzene rings is 1. The SMILES string of the molecule is CC(C)(C)OC(=O)N[C@H](Cc1ccccc1)c1n[nH]c(=S)o1. The molecule has 6 nitrogen and oxygen atoms in total. The van der Waals surface area contributed by atoms with Crippen LogP contribution in [0.2, 0.25) is 0 Å². The molecular weight excluding hydrogens is 302 g/mol. The van der Waals surface area contributed by atoms with Crippen LogP contribution < -0.4 is 5.32 Å². The highest BCUT2D eigenvalue weighted by molar-refractivity contribution is 7.71. The van der Waals surface area contributed by atoms with Gasteiger partial charge in [0.1, 0.15) is 11.6 Å². The largest absolute Gasteiger partial charge is 0.444 e. The lowest BCUT2D eigenvalue weighted by Crippen LogP contribution is -2.36. The molecule has 0 unspecified atom stereocenters. The molecule has 0 bridgehead atoms. The van der Waals surface area contributed by atoms with Gasteiger partial charge in [0.15, 0.2) is 0 Å². The molecule has 0 aliphatic carbocycles. The van der Waals surface area contributed by atoms with Gasteiger partial charge in [-0.3, -0.25) is 0 Å². The zero-order chi connectivity index (χ0) is 16.2. The van der Waals surface area contributed by atoms with Gasteiger partial charge in [-0.2, -0.15) is 0 Å². The van der Waals surface area contributed by atoms with Gasteiger partial charge in [-0.15, -0.1) is 5.10 Å². The highest BCUT2D eigenvalue weighted by Gasteiger charge is 2.23. The van der Waals surface area contributed by atoms with E-state index >= 15 is 0 Å². The van der Waals surface area contributed by atoms with Crippen molar-refractivity contribution in [3.63, 3.8) is 0 Å². The second-order valence-electron chi connectivity index (χ2n) is 5.84. The van der Waals surface area contributed by atoms with Crippen LogP contribution >= 0.6 is 12.2 Å². The van der Waals surface area contributed by atoms with E-state index < -0.39 is 17.7 Å². The van der Waals surface area contributed by atoms with Crippen molar-refractivity contribution >= 4 is 18.3 Å². The van der Waals surface area contributed by atoms with Crippen molar-refractivity contribution in [1.29, 1.82) is 0 Å². The van der Waals surface area contributed by atoms with Crippen molar-refractivity contribution < 1.29 is 13.9 Å². The van der Waals surface area contributed by atoms with Gasteiger partial charge >= 0.3 is 6.09 Å². The lowest BCUT2D eigenvalue weighted by molar-refractivity contribution is 0.0495. The van der Waals surface area contributed by atoms with Gasteiger partial charge in [-0.25, -0.2) is 9.89 Å². The molecule has 1 atom stereocenters. The average molecular weight is 321 g/mol. The number of aromatic amines is 1. The summed E-state index contributed by atoms with van der Waals surface area (Å²) in [7, 11) is 0. The van der Waals surface area contributed by atoms with Crippen molar-refractivity contribution in [3.8, 4) is 0 Å². The van der Waals surface area contributed by atoms with E-state index in [1.165, 1.54) is 0 Å². The summed E-state index contributed by atoms with van der Waals surface area (Å²) in [5.74, 6) is 0.319. The maximum Gasteiger partial charge on any atom is 0.408 e. The smallest absolute Gasteiger partial charge is 0.408 e. The van der Waals surface area contributed by atoms with E-state index in [0.717, 1.165) is 5.56 Å². The van der Waals surface area contributed by atoms with E-state index in [-0.39, 0.29) is 4.84 Å². The minimum atomic E-state index is -0.576. The summed E-state index contributed by atoms with van der Waals surface area (Å²) >= 11 is 4.89. The zero-order valence-corrected chi connectivity index (χ0v) is 13.6. The number of nitrogens with zero attached hydrogens (tertiary/aromatic N) is 1. The molecule has 0 aliphatic heterocycles. The summed E-state index contributed by atoms with van der Waals surface area (Å²) in [6, 6.07) is 9.25. The topological polar surface area (TPSA) is 80.1 Å². The molecule has 1 aromatic heterocycles. The second-order valence-corrected chi connectivity index (χ2v) is 6.21. The van der Waals surface area contributed by atoms with Crippen molar-refractivity contribution in [2.75, 3.05) is 0 Å². The number of hydrogen-bond donors (Lipinski definition) is 2. The van der Waals surface area contributed by atoms with Crippen LogP contribution in [0.25, 0.3) is 0 Å². The number of alkyl carbamates (subject to hydrolysis) is 1. The van der Waals surface area contributed by atoms with Gasteiger partial charge in [-0.05, 0) is 38.6 Å². The Bertz CT molecular complexity index is 673. The van der Waals surface area contributed by atoms with E-state index in [2.05, 4.69) is 15.5 Å². The molecule has 0 radical (unpaired) electrons. The highest BCUT2D eigenvalue weighted by Crippen LogP contribution is 2.18. The van der Waals surface area contributed by atoms with E-state index in [1.807, 2.05) is 30.3 Å². The Morgan fingerprint density at radius 3 is 2.64 bits per heavy atom. The van der Waals surface area contributed by atoms with Gasteiger partial charge in [0, 0.05) is 6.42 Å². The molecular formula is C15H19N3O3S. The molecule has 0 saturated carbocycles. The molecule has 1 aromatic carbocycles. The van der Waals surface area contributed by atoms with E-state index in [0.29, 0.717) is 12.3 Å². The van der Waals surface area contributed by atoms with Crippen LogP contribution in [0.5, 0.6) is 0 Å².